The molecule has 2 rings (SSSR count). The van der Waals surface area contributed by atoms with Gasteiger partial charge in [0.2, 0.25) is 0 Å². The van der Waals surface area contributed by atoms with Gasteiger partial charge in [-0.05, 0) is 0 Å². The van der Waals surface area contributed by atoms with Crippen LogP contribution in [0, 0.1) is 0 Å². The van der Waals surface area contributed by atoms with E-state index in [1.54, 1.807) is 0 Å². The largest absolute Gasteiger partial charge is 0.207 e. The van der Waals surface area contributed by atoms with Crippen molar-refractivity contribution >= 4 is 47.4 Å². The first kappa shape index (κ1) is 8.94. The van der Waals surface area contributed by atoms with E-state index in [0.29, 0.717) is 0 Å². The van der Waals surface area contributed by atoms with Crippen molar-refractivity contribution in [1.29, 1.82) is 0 Å². The molecule has 0 aromatic carbocycles. The van der Waals surface area contributed by atoms with E-state index in [-0.39, 0.29) is 0 Å². The van der Waals surface area contributed by atoms with Gasteiger partial charge in [-0.15, -0.1) is 0 Å². The molecule has 2 saturated heterocycles. The molecule has 0 amide bonds. The Labute approximate surface area is 84.9 Å². The molecule has 2 aliphatic rings. The van der Waals surface area contributed by atoms with E-state index in [4.69, 9.17) is 0 Å². The van der Waals surface area contributed by atoms with Crippen LogP contribution in [-0.2, 0) is 0 Å². The third kappa shape index (κ3) is 2.66. The SMILES string of the molecule is C1SCC1SNSC1CSC1. The highest BCUT2D eigenvalue weighted by atomic mass is 32.2. The summed E-state index contributed by atoms with van der Waals surface area (Å²) in [5.41, 5.74) is 0. The van der Waals surface area contributed by atoms with Crippen molar-refractivity contribution in [2.45, 2.75) is 10.5 Å². The second-order valence-corrected chi connectivity index (χ2v) is 7.26. The summed E-state index contributed by atoms with van der Waals surface area (Å²) >= 11 is 7.95. The van der Waals surface area contributed by atoms with Crippen molar-refractivity contribution in [2.24, 2.45) is 0 Å². The number of thioether (sulfide) groups is 2. The predicted octanol–water partition coefficient (Wildman–Crippen LogP) is 2.10. The van der Waals surface area contributed by atoms with Crippen LogP contribution in [-0.4, -0.2) is 33.5 Å². The molecule has 0 aromatic rings. The van der Waals surface area contributed by atoms with Gasteiger partial charge in [-0.3, -0.25) is 0 Å². The summed E-state index contributed by atoms with van der Waals surface area (Å²) < 4.78 is 3.40. The summed E-state index contributed by atoms with van der Waals surface area (Å²) in [5, 5.41) is 1.78. The standard InChI is InChI=1S/C6H11NS4/c1-5(2-8-1)10-7-11-6-3-9-4-6/h5-7H,1-4H2. The molecule has 64 valence electrons. The molecular formula is C6H11NS4. The summed E-state index contributed by atoms with van der Waals surface area (Å²) in [7, 11) is 0. The zero-order chi connectivity index (χ0) is 7.52. The second kappa shape index (κ2) is 4.56. The van der Waals surface area contributed by atoms with Crippen LogP contribution in [0.3, 0.4) is 0 Å². The average molecular weight is 225 g/mol. The molecule has 2 fully saturated rings. The van der Waals surface area contributed by atoms with Crippen molar-refractivity contribution < 1.29 is 0 Å². The minimum atomic E-state index is 0.889. The van der Waals surface area contributed by atoms with Gasteiger partial charge in [-0.25, -0.2) is 4.13 Å². The molecule has 0 unspecified atom stereocenters. The first-order valence-electron chi connectivity index (χ1n) is 3.67. The van der Waals surface area contributed by atoms with Crippen molar-refractivity contribution in [3.63, 3.8) is 0 Å². The van der Waals surface area contributed by atoms with Gasteiger partial charge in [-0.1, -0.05) is 23.9 Å². The summed E-state index contributed by atoms with van der Waals surface area (Å²) in [6, 6.07) is 0. The van der Waals surface area contributed by atoms with Crippen LogP contribution in [0.15, 0.2) is 0 Å². The molecule has 1 nitrogen and oxygen atoms in total. The fourth-order valence-corrected chi connectivity index (χ4v) is 5.14. The second-order valence-electron chi connectivity index (χ2n) is 2.64. The number of nitrogens with one attached hydrogen (secondary N) is 1. The van der Waals surface area contributed by atoms with E-state index in [0.717, 1.165) is 10.5 Å². The van der Waals surface area contributed by atoms with Gasteiger partial charge >= 0.3 is 0 Å². The normalized spacial score (nSPS) is 26.2. The molecular weight excluding hydrogens is 214 g/mol. The lowest BCUT2D eigenvalue weighted by atomic mass is 10.5. The Kier molecular flexibility index (Phi) is 3.70. The Morgan fingerprint density at radius 3 is 1.64 bits per heavy atom. The molecule has 0 radical (unpaired) electrons. The molecule has 0 aliphatic carbocycles. The zero-order valence-electron chi connectivity index (χ0n) is 6.12. The summed E-state index contributed by atoms with van der Waals surface area (Å²) in [6.07, 6.45) is 0. The van der Waals surface area contributed by atoms with Crippen LogP contribution >= 0.6 is 47.4 Å². The van der Waals surface area contributed by atoms with Gasteiger partial charge in [0.25, 0.3) is 0 Å². The predicted molar refractivity (Wildman–Crippen MR) is 60.5 cm³/mol. The molecule has 0 aromatic heterocycles. The fraction of sp³-hybridized carbons (Fsp3) is 1.00. The first-order valence-corrected chi connectivity index (χ1v) is 7.74. The Balaban J connectivity index is 1.46. The van der Waals surface area contributed by atoms with Gasteiger partial charge in [-0.2, -0.15) is 23.5 Å². The molecule has 1 N–H and O–H groups in total. The lowest BCUT2D eigenvalue weighted by molar-refractivity contribution is 1.07. The third-order valence-corrected chi connectivity index (χ3v) is 7.14. The van der Waals surface area contributed by atoms with Crippen molar-refractivity contribution in [1.82, 2.24) is 4.13 Å². The average Bonchev–Trinajstić information content (AvgIpc) is 1.79. The minimum absolute atomic E-state index is 0.889. The molecule has 0 saturated carbocycles. The van der Waals surface area contributed by atoms with Crippen LogP contribution in [0.25, 0.3) is 0 Å². The van der Waals surface area contributed by atoms with Crippen molar-refractivity contribution in [3.05, 3.63) is 0 Å². The maximum absolute atomic E-state index is 3.40. The first-order chi connectivity index (χ1) is 5.45. The Morgan fingerprint density at radius 2 is 1.36 bits per heavy atom. The molecule has 0 atom stereocenters. The lowest BCUT2D eigenvalue weighted by Crippen LogP contribution is -2.27. The fourth-order valence-electron chi connectivity index (χ4n) is 0.728. The Hall–Kier alpha value is 1.36. The summed E-state index contributed by atoms with van der Waals surface area (Å²) in [5.74, 6) is 5.38. The van der Waals surface area contributed by atoms with Crippen LogP contribution in [0.1, 0.15) is 0 Å². The number of rotatable bonds is 4. The topological polar surface area (TPSA) is 12.0 Å². The van der Waals surface area contributed by atoms with Crippen molar-refractivity contribution in [2.75, 3.05) is 23.0 Å². The Morgan fingerprint density at radius 1 is 0.909 bits per heavy atom. The zero-order valence-corrected chi connectivity index (χ0v) is 9.38. The van der Waals surface area contributed by atoms with Crippen LogP contribution < -0.4 is 4.13 Å². The summed E-state index contributed by atoms with van der Waals surface area (Å²) in [6.45, 7) is 0. The minimum Gasteiger partial charge on any atom is -0.207 e. The molecule has 11 heavy (non-hydrogen) atoms. The number of hydrogen-bond donors (Lipinski definition) is 1. The maximum Gasteiger partial charge on any atom is 0.0382 e. The van der Waals surface area contributed by atoms with E-state index in [9.17, 15) is 0 Å². The molecule has 0 bridgehead atoms. The smallest absolute Gasteiger partial charge is 0.0382 e. The van der Waals surface area contributed by atoms with Crippen LogP contribution in [0.5, 0.6) is 0 Å². The van der Waals surface area contributed by atoms with E-state index < -0.39 is 0 Å². The van der Waals surface area contributed by atoms with Gasteiger partial charge in [0.15, 0.2) is 0 Å². The highest BCUT2D eigenvalue weighted by molar-refractivity contribution is 8.16. The monoisotopic (exact) mass is 225 g/mol. The quantitative estimate of drug-likeness (QED) is 0.733. The molecule has 2 aliphatic heterocycles. The van der Waals surface area contributed by atoms with Gasteiger partial charge in [0.1, 0.15) is 0 Å². The Bertz CT molecular complexity index is 110. The van der Waals surface area contributed by atoms with E-state index in [1.165, 1.54) is 23.0 Å². The highest BCUT2D eigenvalue weighted by Crippen LogP contribution is 2.32. The van der Waals surface area contributed by atoms with Gasteiger partial charge < -0.3 is 0 Å². The molecule has 5 heteroatoms. The van der Waals surface area contributed by atoms with E-state index in [2.05, 4.69) is 4.13 Å². The lowest BCUT2D eigenvalue weighted by Gasteiger charge is -2.27. The number of hydrogen-bond acceptors (Lipinski definition) is 5. The van der Waals surface area contributed by atoms with Crippen LogP contribution in [0.2, 0.25) is 0 Å². The highest BCUT2D eigenvalue weighted by Gasteiger charge is 2.21. The van der Waals surface area contributed by atoms with Crippen molar-refractivity contribution in [3.8, 4) is 0 Å². The molecule has 0 spiro atoms. The summed E-state index contributed by atoms with van der Waals surface area (Å²) in [4.78, 5) is 0. The van der Waals surface area contributed by atoms with Gasteiger partial charge in [0, 0.05) is 33.5 Å². The van der Waals surface area contributed by atoms with Crippen LogP contribution in [0.4, 0.5) is 0 Å². The molecule has 2 heterocycles. The third-order valence-electron chi connectivity index (χ3n) is 1.64. The maximum atomic E-state index is 3.40. The van der Waals surface area contributed by atoms with E-state index in [1.807, 2.05) is 47.4 Å². The van der Waals surface area contributed by atoms with E-state index >= 15 is 0 Å². The van der Waals surface area contributed by atoms with Gasteiger partial charge in [0.05, 0.1) is 0 Å².